The highest BCUT2D eigenvalue weighted by atomic mass is 79.9. The smallest absolute Gasteiger partial charge is 0.0323 e. The molecule has 0 spiro atoms. The Morgan fingerprint density at radius 2 is 2.31 bits per heavy atom. The Morgan fingerprint density at radius 1 is 1.50 bits per heavy atom. The lowest BCUT2D eigenvalue weighted by atomic mass is 10.0. The van der Waals surface area contributed by atoms with E-state index in [0.717, 1.165) is 23.9 Å². The van der Waals surface area contributed by atoms with E-state index in [1.54, 1.807) is 0 Å². The zero-order valence-corrected chi connectivity index (χ0v) is 11.5. The third kappa shape index (κ3) is 4.50. The second-order valence-corrected chi connectivity index (χ2v) is 4.84. The summed E-state index contributed by atoms with van der Waals surface area (Å²) in [6, 6.07) is 8.97. The van der Waals surface area contributed by atoms with Crippen LogP contribution in [-0.4, -0.2) is 6.54 Å². The number of hydrogen-bond acceptors (Lipinski definition) is 1. The van der Waals surface area contributed by atoms with Crippen molar-refractivity contribution in [3.05, 3.63) is 47.0 Å². The highest BCUT2D eigenvalue weighted by Crippen LogP contribution is 2.22. The molecule has 1 nitrogen and oxygen atoms in total. The Hall–Kier alpha value is -0.600. The first-order valence-electron chi connectivity index (χ1n) is 5.87. The molecule has 0 fully saturated rings. The molecule has 0 amide bonds. The van der Waals surface area contributed by atoms with Gasteiger partial charge in [-0.3, -0.25) is 0 Å². The van der Waals surface area contributed by atoms with E-state index in [1.165, 1.54) is 12.0 Å². The topological polar surface area (TPSA) is 12.0 Å². The van der Waals surface area contributed by atoms with E-state index in [0.29, 0.717) is 6.04 Å². The van der Waals surface area contributed by atoms with E-state index in [4.69, 9.17) is 0 Å². The van der Waals surface area contributed by atoms with Crippen molar-refractivity contribution in [2.45, 2.75) is 32.2 Å². The molecular weight excluding hydrogens is 262 g/mol. The third-order valence-corrected chi connectivity index (χ3v) is 3.04. The van der Waals surface area contributed by atoms with Crippen LogP contribution in [0, 0.1) is 0 Å². The molecule has 88 valence electrons. The van der Waals surface area contributed by atoms with Gasteiger partial charge in [0.1, 0.15) is 0 Å². The van der Waals surface area contributed by atoms with Gasteiger partial charge in [0.2, 0.25) is 0 Å². The van der Waals surface area contributed by atoms with Crippen LogP contribution in [0.15, 0.2) is 41.4 Å². The first-order valence-corrected chi connectivity index (χ1v) is 6.67. The summed E-state index contributed by atoms with van der Waals surface area (Å²) in [4.78, 5) is 0. The Balaban J connectivity index is 2.69. The van der Waals surface area contributed by atoms with Crippen molar-refractivity contribution in [1.29, 1.82) is 0 Å². The molecule has 1 atom stereocenters. The van der Waals surface area contributed by atoms with Crippen LogP contribution in [0.2, 0.25) is 0 Å². The van der Waals surface area contributed by atoms with Crippen LogP contribution in [0.1, 0.15) is 37.8 Å². The summed E-state index contributed by atoms with van der Waals surface area (Å²) in [6.07, 6.45) is 5.31. The predicted octanol–water partition coefficient (Wildman–Crippen LogP) is 4.46. The standard InChI is InChI=1S/C14H20BrN/c1-3-5-9-14(16-10-4-2)12-7-6-8-13(15)11-12/h3,6-8,11,14,16H,1,4-5,9-10H2,2H3. The van der Waals surface area contributed by atoms with E-state index in [9.17, 15) is 0 Å². The predicted molar refractivity (Wildman–Crippen MR) is 74.6 cm³/mol. The lowest BCUT2D eigenvalue weighted by Crippen LogP contribution is -2.22. The Kier molecular flexibility index (Phi) is 6.43. The first kappa shape index (κ1) is 13.5. The summed E-state index contributed by atoms with van der Waals surface area (Å²) >= 11 is 3.52. The molecule has 0 saturated heterocycles. The van der Waals surface area contributed by atoms with Gasteiger partial charge in [0.25, 0.3) is 0 Å². The van der Waals surface area contributed by atoms with Gasteiger partial charge in [-0.15, -0.1) is 6.58 Å². The molecule has 0 aromatic heterocycles. The van der Waals surface area contributed by atoms with Gasteiger partial charge in [-0.2, -0.15) is 0 Å². The fraction of sp³-hybridized carbons (Fsp3) is 0.429. The van der Waals surface area contributed by atoms with Gasteiger partial charge >= 0.3 is 0 Å². The third-order valence-electron chi connectivity index (χ3n) is 2.55. The maximum Gasteiger partial charge on any atom is 0.0323 e. The number of allylic oxidation sites excluding steroid dienone is 1. The monoisotopic (exact) mass is 281 g/mol. The molecule has 0 aliphatic heterocycles. The Bertz CT molecular complexity index is 322. The first-order chi connectivity index (χ1) is 7.77. The fourth-order valence-electron chi connectivity index (χ4n) is 1.71. The van der Waals surface area contributed by atoms with Gasteiger partial charge in [-0.05, 0) is 43.5 Å². The summed E-state index contributed by atoms with van der Waals surface area (Å²) in [5.41, 5.74) is 1.35. The number of nitrogens with one attached hydrogen (secondary N) is 1. The molecule has 0 bridgehead atoms. The average Bonchev–Trinajstić information content (AvgIpc) is 2.29. The second-order valence-electron chi connectivity index (χ2n) is 3.93. The minimum Gasteiger partial charge on any atom is -0.310 e. The van der Waals surface area contributed by atoms with E-state index >= 15 is 0 Å². The van der Waals surface area contributed by atoms with Gasteiger partial charge in [0.05, 0.1) is 0 Å². The minimum absolute atomic E-state index is 0.440. The van der Waals surface area contributed by atoms with Gasteiger partial charge in [-0.1, -0.05) is 41.1 Å². The average molecular weight is 282 g/mol. The molecule has 16 heavy (non-hydrogen) atoms. The van der Waals surface area contributed by atoms with Crippen molar-refractivity contribution >= 4 is 15.9 Å². The van der Waals surface area contributed by atoms with E-state index < -0.39 is 0 Å². The molecule has 1 unspecified atom stereocenters. The molecule has 0 aliphatic rings. The molecule has 1 aromatic carbocycles. The zero-order valence-electron chi connectivity index (χ0n) is 9.88. The maximum absolute atomic E-state index is 3.79. The van der Waals surface area contributed by atoms with Crippen molar-refractivity contribution in [3.8, 4) is 0 Å². The largest absolute Gasteiger partial charge is 0.310 e. The maximum atomic E-state index is 3.79. The van der Waals surface area contributed by atoms with E-state index in [-0.39, 0.29) is 0 Å². The van der Waals surface area contributed by atoms with Crippen LogP contribution in [0.4, 0.5) is 0 Å². The Morgan fingerprint density at radius 3 is 2.94 bits per heavy atom. The molecule has 0 saturated carbocycles. The van der Waals surface area contributed by atoms with E-state index in [2.05, 4.69) is 59.0 Å². The Labute approximate surface area is 107 Å². The minimum atomic E-state index is 0.440. The summed E-state index contributed by atoms with van der Waals surface area (Å²) in [7, 11) is 0. The molecular formula is C14H20BrN. The quantitative estimate of drug-likeness (QED) is 0.728. The molecule has 0 aliphatic carbocycles. The van der Waals surface area contributed by atoms with Crippen LogP contribution in [-0.2, 0) is 0 Å². The number of benzene rings is 1. The number of rotatable bonds is 7. The van der Waals surface area contributed by atoms with Crippen molar-refractivity contribution in [2.75, 3.05) is 6.54 Å². The van der Waals surface area contributed by atoms with Gasteiger partial charge in [0, 0.05) is 10.5 Å². The lowest BCUT2D eigenvalue weighted by Gasteiger charge is -2.18. The highest BCUT2D eigenvalue weighted by molar-refractivity contribution is 9.10. The number of halogens is 1. The zero-order chi connectivity index (χ0) is 11.8. The molecule has 0 radical (unpaired) electrons. The van der Waals surface area contributed by atoms with Crippen molar-refractivity contribution in [1.82, 2.24) is 5.32 Å². The summed E-state index contributed by atoms with van der Waals surface area (Å²) in [5, 5.41) is 3.58. The summed E-state index contributed by atoms with van der Waals surface area (Å²) in [5.74, 6) is 0. The molecule has 2 heteroatoms. The molecule has 1 rings (SSSR count). The van der Waals surface area contributed by atoms with Crippen LogP contribution >= 0.6 is 15.9 Å². The molecule has 0 heterocycles. The van der Waals surface area contributed by atoms with Crippen LogP contribution < -0.4 is 5.32 Å². The van der Waals surface area contributed by atoms with Crippen LogP contribution in [0.5, 0.6) is 0 Å². The van der Waals surface area contributed by atoms with Crippen LogP contribution in [0.25, 0.3) is 0 Å². The summed E-state index contributed by atoms with van der Waals surface area (Å²) < 4.78 is 1.15. The van der Waals surface area contributed by atoms with Gasteiger partial charge in [-0.25, -0.2) is 0 Å². The van der Waals surface area contributed by atoms with Gasteiger partial charge < -0.3 is 5.32 Å². The molecule has 1 aromatic rings. The van der Waals surface area contributed by atoms with Gasteiger partial charge in [0.15, 0.2) is 0 Å². The number of hydrogen-bond donors (Lipinski definition) is 1. The SMILES string of the molecule is C=CCCC(NCCC)c1cccc(Br)c1. The second kappa shape index (κ2) is 7.64. The van der Waals surface area contributed by atoms with Crippen molar-refractivity contribution in [2.24, 2.45) is 0 Å². The lowest BCUT2D eigenvalue weighted by molar-refractivity contribution is 0.503. The van der Waals surface area contributed by atoms with E-state index in [1.807, 2.05) is 6.08 Å². The van der Waals surface area contributed by atoms with Crippen molar-refractivity contribution in [3.63, 3.8) is 0 Å². The highest BCUT2D eigenvalue weighted by Gasteiger charge is 2.09. The van der Waals surface area contributed by atoms with Crippen LogP contribution in [0.3, 0.4) is 0 Å². The summed E-state index contributed by atoms with van der Waals surface area (Å²) in [6.45, 7) is 7.04. The molecule has 1 N–H and O–H groups in total. The fourth-order valence-corrected chi connectivity index (χ4v) is 2.13. The van der Waals surface area contributed by atoms with Crippen molar-refractivity contribution < 1.29 is 0 Å². The normalized spacial score (nSPS) is 12.4.